The fourth-order valence-electron chi connectivity index (χ4n) is 2.06. The van der Waals surface area contributed by atoms with Crippen molar-refractivity contribution in [3.05, 3.63) is 46.5 Å². The van der Waals surface area contributed by atoms with Gasteiger partial charge in [-0.1, -0.05) is 13.0 Å². The number of benzene rings is 1. The van der Waals surface area contributed by atoms with E-state index in [0.717, 1.165) is 29.0 Å². The molecular weight excluding hydrogens is 306 g/mol. The number of halogens is 1. The molecule has 4 nitrogen and oxygen atoms in total. The molecule has 5 heteroatoms. The van der Waals surface area contributed by atoms with Gasteiger partial charge in [-0.25, -0.2) is 4.98 Å². The first-order valence-corrected chi connectivity index (χ1v) is 7.09. The zero-order valence-corrected chi connectivity index (χ0v) is 12.7. The quantitative estimate of drug-likeness (QED) is 0.858. The third kappa shape index (κ3) is 3.58. The van der Waals surface area contributed by atoms with Crippen LogP contribution in [0.5, 0.6) is 5.75 Å². The van der Waals surface area contributed by atoms with Crippen LogP contribution in [0.1, 0.15) is 24.4 Å². The van der Waals surface area contributed by atoms with Crippen LogP contribution in [-0.4, -0.2) is 23.6 Å². The van der Waals surface area contributed by atoms with Crippen LogP contribution in [0.15, 0.2) is 35.1 Å². The van der Waals surface area contributed by atoms with Crippen LogP contribution < -0.4 is 10.1 Å². The molecule has 0 aliphatic carbocycles. The van der Waals surface area contributed by atoms with Gasteiger partial charge < -0.3 is 15.0 Å². The standard InChI is InChI=1S/C14H18BrN3O/c1-3-16-12(9-14-17-6-7-18-14)10-4-5-13(19-2)11(15)8-10/h4-8,12,16H,3,9H2,1-2H3,(H,17,18). The molecule has 2 N–H and O–H groups in total. The highest BCUT2D eigenvalue weighted by molar-refractivity contribution is 9.10. The molecule has 0 bridgehead atoms. The number of hydrogen-bond acceptors (Lipinski definition) is 3. The van der Waals surface area contributed by atoms with E-state index >= 15 is 0 Å². The highest BCUT2D eigenvalue weighted by Crippen LogP contribution is 2.28. The number of methoxy groups -OCH3 is 1. The van der Waals surface area contributed by atoms with Crippen molar-refractivity contribution in [1.29, 1.82) is 0 Å². The smallest absolute Gasteiger partial charge is 0.133 e. The van der Waals surface area contributed by atoms with Crippen LogP contribution in [0.3, 0.4) is 0 Å². The SMILES string of the molecule is CCNC(Cc1ncc[nH]1)c1ccc(OC)c(Br)c1. The van der Waals surface area contributed by atoms with Crippen LogP contribution in [0, 0.1) is 0 Å². The molecule has 0 fully saturated rings. The Morgan fingerprint density at radius 3 is 2.89 bits per heavy atom. The topological polar surface area (TPSA) is 49.9 Å². The summed E-state index contributed by atoms with van der Waals surface area (Å²) in [4.78, 5) is 7.43. The number of aromatic amines is 1. The van der Waals surface area contributed by atoms with E-state index < -0.39 is 0 Å². The third-order valence-electron chi connectivity index (χ3n) is 2.98. The molecule has 0 spiro atoms. The second-order valence-electron chi connectivity index (χ2n) is 4.24. The van der Waals surface area contributed by atoms with Gasteiger partial charge in [-0.3, -0.25) is 0 Å². The van der Waals surface area contributed by atoms with Gasteiger partial charge in [0.15, 0.2) is 0 Å². The molecule has 0 radical (unpaired) electrons. The number of nitrogens with zero attached hydrogens (tertiary/aromatic N) is 1. The van der Waals surface area contributed by atoms with Gasteiger partial charge in [-0.2, -0.15) is 0 Å². The summed E-state index contributed by atoms with van der Waals surface area (Å²) in [5.74, 6) is 1.83. The average Bonchev–Trinajstić information content (AvgIpc) is 2.91. The Morgan fingerprint density at radius 1 is 1.47 bits per heavy atom. The largest absolute Gasteiger partial charge is 0.496 e. The summed E-state index contributed by atoms with van der Waals surface area (Å²) in [6.45, 7) is 3.02. The van der Waals surface area contributed by atoms with E-state index in [4.69, 9.17) is 4.74 Å². The van der Waals surface area contributed by atoms with Crippen molar-refractivity contribution in [2.24, 2.45) is 0 Å². The molecule has 0 aliphatic rings. The number of rotatable bonds is 6. The molecule has 102 valence electrons. The summed E-state index contributed by atoms with van der Waals surface area (Å²) in [7, 11) is 1.67. The number of nitrogens with one attached hydrogen (secondary N) is 2. The number of likely N-dealkylation sites (N-methyl/N-ethyl adjacent to an activating group) is 1. The van der Waals surface area contributed by atoms with Crippen LogP contribution in [0.25, 0.3) is 0 Å². The Bertz CT molecular complexity index is 513. The van der Waals surface area contributed by atoms with E-state index in [1.165, 1.54) is 5.56 Å². The van der Waals surface area contributed by atoms with E-state index in [-0.39, 0.29) is 6.04 Å². The lowest BCUT2D eigenvalue weighted by Gasteiger charge is -2.18. The highest BCUT2D eigenvalue weighted by atomic mass is 79.9. The molecule has 1 aromatic carbocycles. The molecule has 19 heavy (non-hydrogen) atoms. The lowest BCUT2D eigenvalue weighted by molar-refractivity contribution is 0.411. The van der Waals surface area contributed by atoms with Gasteiger partial charge >= 0.3 is 0 Å². The lowest BCUT2D eigenvalue weighted by Crippen LogP contribution is -2.23. The van der Waals surface area contributed by atoms with E-state index in [1.54, 1.807) is 13.3 Å². The van der Waals surface area contributed by atoms with E-state index in [0.29, 0.717) is 0 Å². The lowest BCUT2D eigenvalue weighted by atomic mass is 10.0. The van der Waals surface area contributed by atoms with Crippen molar-refractivity contribution in [1.82, 2.24) is 15.3 Å². The number of imidazole rings is 1. The number of aromatic nitrogens is 2. The number of hydrogen-bond donors (Lipinski definition) is 2. The van der Waals surface area contributed by atoms with Gasteiger partial charge in [0.2, 0.25) is 0 Å². The maximum atomic E-state index is 5.26. The summed E-state index contributed by atoms with van der Waals surface area (Å²) in [6.07, 6.45) is 4.46. The third-order valence-corrected chi connectivity index (χ3v) is 3.60. The predicted octanol–water partition coefficient (Wildman–Crippen LogP) is 3.07. The van der Waals surface area contributed by atoms with Gasteiger partial charge in [0.05, 0.1) is 11.6 Å². The fourth-order valence-corrected chi connectivity index (χ4v) is 2.61. The molecule has 1 atom stereocenters. The van der Waals surface area contributed by atoms with E-state index in [9.17, 15) is 0 Å². The maximum absolute atomic E-state index is 5.26. The zero-order valence-electron chi connectivity index (χ0n) is 11.1. The molecule has 1 heterocycles. The summed E-state index contributed by atoms with van der Waals surface area (Å²) in [6, 6.07) is 6.39. The molecular formula is C14H18BrN3O. The van der Waals surface area contributed by atoms with Crippen molar-refractivity contribution >= 4 is 15.9 Å². The van der Waals surface area contributed by atoms with Gasteiger partial charge in [-0.05, 0) is 40.2 Å². The van der Waals surface area contributed by atoms with E-state index in [2.05, 4.69) is 50.3 Å². The summed E-state index contributed by atoms with van der Waals surface area (Å²) in [5.41, 5.74) is 1.21. The average molecular weight is 324 g/mol. The van der Waals surface area contributed by atoms with Gasteiger partial charge in [-0.15, -0.1) is 0 Å². The van der Waals surface area contributed by atoms with Crippen molar-refractivity contribution in [2.75, 3.05) is 13.7 Å². The Morgan fingerprint density at radius 2 is 2.32 bits per heavy atom. The minimum Gasteiger partial charge on any atom is -0.496 e. The Labute approximate surface area is 121 Å². The second kappa shape index (κ2) is 6.73. The first kappa shape index (κ1) is 14.1. The van der Waals surface area contributed by atoms with Crippen LogP contribution >= 0.6 is 15.9 Å². The Balaban J connectivity index is 2.20. The van der Waals surface area contributed by atoms with Crippen LogP contribution in [0.2, 0.25) is 0 Å². The van der Waals surface area contributed by atoms with Crippen molar-refractivity contribution in [3.8, 4) is 5.75 Å². The van der Waals surface area contributed by atoms with Gasteiger partial charge in [0, 0.05) is 24.9 Å². The maximum Gasteiger partial charge on any atom is 0.133 e. The Kier molecular flexibility index (Phi) is 4.99. The van der Waals surface area contributed by atoms with Crippen LogP contribution in [0.4, 0.5) is 0 Å². The van der Waals surface area contributed by atoms with Crippen LogP contribution in [-0.2, 0) is 6.42 Å². The van der Waals surface area contributed by atoms with Gasteiger partial charge in [0.25, 0.3) is 0 Å². The molecule has 1 aromatic heterocycles. The minimum atomic E-state index is 0.235. The molecule has 0 saturated heterocycles. The molecule has 0 amide bonds. The molecule has 2 rings (SSSR count). The fraction of sp³-hybridized carbons (Fsp3) is 0.357. The summed E-state index contributed by atoms with van der Waals surface area (Å²) >= 11 is 3.53. The molecule has 1 unspecified atom stereocenters. The number of ether oxygens (including phenoxy) is 1. The van der Waals surface area contributed by atoms with Gasteiger partial charge in [0.1, 0.15) is 11.6 Å². The minimum absolute atomic E-state index is 0.235. The highest BCUT2D eigenvalue weighted by Gasteiger charge is 2.14. The van der Waals surface area contributed by atoms with Crippen molar-refractivity contribution in [3.63, 3.8) is 0 Å². The molecule has 0 saturated carbocycles. The summed E-state index contributed by atoms with van der Waals surface area (Å²) in [5, 5.41) is 3.48. The second-order valence-corrected chi connectivity index (χ2v) is 5.10. The van der Waals surface area contributed by atoms with Crippen molar-refractivity contribution < 1.29 is 4.74 Å². The first-order chi connectivity index (χ1) is 9.24. The molecule has 2 aromatic rings. The van der Waals surface area contributed by atoms with Crippen molar-refractivity contribution in [2.45, 2.75) is 19.4 Å². The number of H-pyrrole nitrogens is 1. The normalized spacial score (nSPS) is 12.4. The monoisotopic (exact) mass is 323 g/mol. The predicted molar refractivity (Wildman–Crippen MR) is 79.4 cm³/mol. The summed E-state index contributed by atoms with van der Waals surface area (Å²) < 4.78 is 6.23. The molecule has 0 aliphatic heterocycles. The first-order valence-electron chi connectivity index (χ1n) is 6.29. The Hall–Kier alpha value is -1.33. The zero-order chi connectivity index (χ0) is 13.7. The van der Waals surface area contributed by atoms with E-state index in [1.807, 2.05) is 12.3 Å².